The van der Waals surface area contributed by atoms with E-state index in [-0.39, 0.29) is 24.7 Å². The molecule has 3 N–H and O–H groups in total. The van der Waals surface area contributed by atoms with E-state index < -0.39 is 11.6 Å². The van der Waals surface area contributed by atoms with Crippen LogP contribution < -0.4 is 11.1 Å². The van der Waals surface area contributed by atoms with Gasteiger partial charge in [0.2, 0.25) is 5.91 Å². The second-order valence-corrected chi connectivity index (χ2v) is 11.0. The average molecular weight is 515 g/mol. The summed E-state index contributed by atoms with van der Waals surface area (Å²) in [4.78, 5) is 25.7. The third-order valence-corrected chi connectivity index (χ3v) is 6.83. The summed E-state index contributed by atoms with van der Waals surface area (Å²) in [6.45, 7) is 10.3. The van der Waals surface area contributed by atoms with Crippen molar-refractivity contribution in [2.45, 2.75) is 70.6 Å². The minimum Gasteiger partial charge on any atom is -0.374 e. The fourth-order valence-electron chi connectivity index (χ4n) is 4.53. The van der Waals surface area contributed by atoms with E-state index >= 15 is 0 Å². The molecule has 0 aromatic heterocycles. The molecule has 38 heavy (non-hydrogen) atoms. The number of carbonyl (C=O) groups excluding carboxylic acids is 2. The maximum absolute atomic E-state index is 13.2. The second kappa shape index (κ2) is 14.0. The zero-order valence-electron chi connectivity index (χ0n) is 23.0. The number of ketones is 1. The van der Waals surface area contributed by atoms with Gasteiger partial charge in [-0.3, -0.25) is 9.59 Å². The van der Waals surface area contributed by atoms with Gasteiger partial charge in [0.25, 0.3) is 0 Å². The fraction of sp³-hybridized carbons (Fsp3) is 0.394. The van der Waals surface area contributed by atoms with Gasteiger partial charge in [0.05, 0.1) is 18.8 Å². The number of hydrogen-bond acceptors (Lipinski definition) is 4. The quantitative estimate of drug-likeness (QED) is 0.302. The van der Waals surface area contributed by atoms with Gasteiger partial charge in [-0.1, -0.05) is 98.0 Å². The van der Waals surface area contributed by atoms with Gasteiger partial charge < -0.3 is 15.8 Å². The van der Waals surface area contributed by atoms with Crippen LogP contribution in [-0.2, 0) is 20.9 Å². The molecule has 3 atom stereocenters. The first kappa shape index (κ1) is 29.3. The monoisotopic (exact) mass is 514 g/mol. The van der Waals surface area contributed by atoms with Crippen LogP contribution in [0.1, 0.15) is 63.5 Å². The molecule has 202 valence electrons. The van der Waals surface area contributed by atoms with Gasteiger partial charge in [0, 0.05) is 6.42 Å². The van der Waals surface area contributed by atoms with Gasteiger partial charge in [-0.15, -0.1) is 0 Å². The van der Waals surface area contributed by atoms with Crippen LogP contribution in [-0.4, -0.2) is 29.9 Å². The standard InChI is InChI=1S/C33H42N2O3/c1-24(19-25(2)29-13-9-6-10-14-29)20-26-15-17-27(18-16-26)21-31(36)30(35-32(37)33(3,4)34)23-38-22-28-11-7-5-8-12-28/h5-15,17-18,25-26,30H,1,16,19-23,34H2,2-4H3,(H,35,37)/t25-,26?,30-/m1/s1. The van der Waals surface area contributed by atoms with Crippen LogP contribution in [0.25, 0.3) is 0 Å². The maximum Gasteiger partial charge on any atom is 0.240 e. The summed E-state index contributed by atoms with van der Waals surface area (Å²) in [5.74, 6) is 0.351. The van der Waals surface area contributed by atoms with Crippen molar-refractivity contribution in [2.24, 2.45) is 11.7 Å². The summed E-state index contributed by atoms with van der Waals surface area (Å²) in [6, 6.07) is 19.5. The molecule has 5 nitrogen and oxygen atoms in total. The highest BCUT2D eigenvalue weighted by molar-refractivity contribution is 5.93. The number of ether oxygens (including phenoxy) is 1. The van der Waals surface area contributed by atoms with Gasteiger partial charge in [0.1, 0.15) is 6.04 Å². The van der Waals surface area contributed by atoms with Crippen molar-refractivity contribution in [3.8, 4) is 0 Å². The lowest BCUT2D eigenvalue weighted by Crippen LogP contribution is -2.55. The van der Waals surface area contributed by atoms with E-state index in [2.05, 4.69) is 55.2 Å². The Labute approximate surface area is 227 Å². The van der Waals surface area contributed by atoms with Gasteiger partial charge in [-0.2, -0.15) is 0 Å². The van der Waals surface area contributed by atoms with Gasteiger partial charge in [-0.25, -0.2) is 0 Å². The number of allylic oxidation sites excluding steroid dienone is 5. The predicted molar refractivity (Wildman–Crippen MR) is 154 cm³/mol. The Bertz CT molecular complexity index is 1130. The lowest BCUT2D eigenvalue weighted by atomic mass is 9.86. The van der Waals surface area contributed by atoms with Crippen LogP contribution in [0.5, 0.6) is 0 Å². The lowest BCUT2D eigenvalue weighted by molar-refractivity contribution is -0.131. The van der Waals surface area contributed by atoms with Crippen molar-refractivity contribution < 1.29 is 14.3 Å². The van der Waals surface area contributed by atoms with Crippen LogP contribution in [0.15, 0.2) is 96.6 Å². The van der Waals surface area contributed by atoms with Crippen LogP contribution >= 0.6 is 0 Å². The van der Waals surface area contributed by atoms with Crippen LogP contribution in [0.2, 0.25) is 0 Å². The van der Waals surface area contributed by atoms with Crippen LogP contribution in [0.4, 0.5) is 0 Å². The van der Waals surface area contributed by atoms with Gasteiger partial charge in [-0.05, 0) is 61.6 Å². The molecule has 2 aromatic rings. The number of benzene rings is 2. The smallest absolute Gasteiger partial charge is 0.240 e. The molecule has 0 aliphatic heterocycles. The normalized spacial score (nSPS) is 16.8. The van der Waals surface area contributed by atoms with Crippen LogP contribution in [0, 0.1) is 5.92 Å². The first-order valence-corrected chi connectivity index (χ1v) is 13.4. The molecule has 0 bridgehead atoms. The fourth-order valence-corrected chi connectivity index (χ4v) is 4.53. The van der Waals surface area contributed by atoms with E-state index in [0.717, 1.165) is 30.4 Å². The van der Waals surface area contributed by atoms with Crippen molar-refractivity contribution in [2.75, 3.05) is 6.61 Å². The molecule has 3 rings (SSSR count). The van der Waals surface area contributed by atoms with Gasteiger partial charge >= 0.3 is 0 Å². The first-order chi connectivity index (χ1) is 18.1. The summed E-state index contributed by atoms with van der Waals surface area (Å²) in [5, 5.41) is 2.80. The summed E-state index contributed by atoms with van der Waals surface area (Å²) < 4.78 is 5.81. The summed E-state index contributed by atoms with van der Waals surface area (Å²) in [6.07, 6.45) is 9.36. The molecule has 2 aromatic carbocycles. The topological polar surface area (TPSA) is 81.4 Å². The maximum atomic E-state index is 13.2. The molecule has 0 fully saturated rings. The SMILES string of the molecule is C=C(CC1C=CC(CC(=O)[C@@H](COCc2ccccc2)NC(=O)C(C)(C)N)=CC1)C[C@@H](C)c1ccccc1. The number of hydrogen-bond donors (Lipinski definition) is 2. The van der Waals surface area contributed by atoms with Crippen molar-refractivity contribution >= 4 is 11.7 Å². The Balaban J connectivity index is 1.51. The Morgan fingerprint density at radius 2 is 1.76 bits per heavy atom. The third kappa shape index (κ3) is 9.55. The number of carbonyl (C=O) groups is 2. The van der Waals surface area contributed by atoms with Crippen molar-refractivity contribution in [3.63, 3.8) is 0 Å². The Hall–Kier alpha value is -3.28. The third-order valence-electron chi connectivity index (χ3n) is 6.83. The molecule has 1 unspecified atom stereocenters. The van der Waals surface area contributed by atoms with Crippen molar-refractivity contribution in [1.82, 2.24) is 5.32 Å². The predicted octanol–water partition coefficient (Wildman–Crippen LogP) is 6.03. The van der Waals surface area contributed by atoms with E-state index in [4.69, 9.17) is 10.5 Å². The Morgan fingerprint density at radius 3 is 2.37 bits per heavy atom. The molecule has 5 heteroatoms. The Kier molecular flexibility index (Phi) is 10.8. The molecule has 0 radical (unpaired) electrons. The molecule has 1 aliphatic carbocycles. The highest BCUT2D eigenvalue weighted by atomic mass is 16.5. The number of nitrogens with one attached hydrogen (secondary N) is 1. The van der Waals surface area contributed by atoms with Crippen molar-refractivity contribution in [3.05, 3.63) is 108 Å². The number of rotatable bonds is 14. The second-order valence-electron chi connectivity index (χ2n) is 11.0. The first-order valence-electron chi connectivity index (χ1n) is 13.4. The molecule has 1 amide bonds. The number of nitrogens with two attached hydrogens (primary N) is 1. The average Bonchev–Trinajstić information content (AvgIpc) is 2.89. The molecular formula is C33H42N2O3. The highest BCUT2D eigenvalue weighted by Crippen LogP contribution is 2.29. The number of Topliss-reactive ketones (excluding diaryl/α,β-unsaturated/α-hetero) is 1. The minimum atomic E-state index is -1.09. The van der Waals surface area contributed by atoms with Crippen molar-refractivity contribution in [1.29, 1.82) is 0 Å². The van der Waals surface area contributed by atoms with E-state index in [1.807, 2.05) is 42.5 Å². The highest BCUT2D eigenvalue weighted by Gasteiger charge is 2.28. The molecule has 1 aliphatic rings. The van der Waals surface area contributed by atoms with Gasteiger partial charge in [0.15, 0.2) is 5.78 Å². The van der Waals surface area contributed by atoms with E-state index in [0.29, 0.717) is 18.4 Å². The number of amides is 1. The summed E-state index contributed by atoms with van der Waals surface area (Å²) in [7, 11) is 0. The van der Waals surface area contributed by atoms with E-state index in [1.54, 1.807) is 13.8 Å². The molecule has 0 saturated carbocycles. The molecule has 0 saturated heterocycles. The summed E-state index contributed by atoms with van der Waals surface area (Å²) in [5.41, 5.74) is 9.41. The Morgan fingerprint density at radius 1 is 1.11 bits per heavy atom. The molecule has 0 heterocycles. The molecular weight excluding hydrogens is 472 g/mol. The zero-order chi connectivity index (χ0) is 27.5. The van der Waals surface area contributed by atoms with E-state index in [9.17, 15) is 9.59 Å². The zero-order valence-corrected chi connectivity index (χ0v) is 23.0. The summed E-state index contributed by atoms with van der Waals surface area (Å²) >= 11 is 0. The molecule has 0 spiro atoms. The van der Waals surface area contributed by atoms with E-state index in [1.165, 1.54) is 11.1 Å². The lowest BCUT2D eigenvalue weighted by Gasteiger charge is -2.24. The minimum absolute atomic E-state index is 0.0916. The van der Waals surface area contributed by atoms with Crippen LogP contribution in [0.3, 0.4) is 0 Å². The largest absolute Gasteiger partial charge is 0.374 e.